The van der Waals surface area contributed by atoms with E-state index in [2.05, 4.69) is 11.1 Å². The summed E-state index contributed by atoms with van der Waals surface area (Å²) in [7, 11) is 0. The average Bonchev–Trinajstić information content (AvgIpc) is 2.81. The Balaban J connectivity index is 2.07. The van der Waals surface area contributed by atoms with Crippen LogP contribution in [0, 0.1) is 13.8 Å². The fraction of sp³-hybridized carbons (Fsp3) is 0.188. The van der Waals surface area contributed by atoms with Gasteiger partial charge in [-0.2, -0.15) is 0 Å². The molecule has 3 nitrogen and oxygen atoms in total. The van der Waals surface area contributed by atoms with Crippen LogP contribution in [0.15, 0.2) is 47.1 Å². The second-order valence-corrected chi connectivity index (χ2v) is 4.82. The minimum atomic E-state index is -0.754. The highest BCUT2D eigenvalue weighted by Crippen LogP contribution is 2.29. The summed E-state index contributed by atoms with van der Waals surface area (Å²) in [6.45, 7) is 3.97. The molecule has 0 aliphatic carbocycles. The van der Waals surface area contributed by atoms with Crippen molar-refractivity contribution in [2.75, 3.05) is 0 Å². The number of rotatable bonds is 2. The van der Waals surface area contributed by atoms with Crippen LogP contribution < -0.4 is 0 Å². The summed E-state index contributed by atoms with van der Waals surface area (Å²) in [6, 6.07) is 9.69. The molecule has 2 heterocycles. The quantitative estimate of drug-likeness (QED) is 0.760. The Hall–Kier alpha value is -2.13. The number of nitrogens with zero attached hydrogens (tertiary/aromatic N) is 1. The largest absolute Gasteiger partial charge is 0.458 e. The van der Waals surface area contributed by atoms with Gasteiger partial charge in [0.2, 0.25) is 0 Å². The molecule has 0 aliphatic heterocycles. The predicted octanol–water partition coefficient (Wildman–Crippen LogP) is 3.53. The van der Waals surface area contributed by atoms with E-state index >= 15 is 0 Å². The van der Waals surface area contributed by atoms with Crippen molar-refractivity contribution < 1.29 is 9.52 Å². The van der Waals surface area contributed by atoms with Crippen LogP contribution in [0.3, 0.4) is 0 Å². The van der Waals surface area contributed by atoms with Crippen LogP contribution in [0.1, 0.15) is 28.6 Å². The summed E-state index contributed by atoms with van der Waals surface area (Å²) >= 11 is 0. The number of hydrogen-bond donors (Lipinski definition) is 1. The van der Waals surface area contributed by atoms with E-state index in [-0.39, 0.29) is 0 Å². The van der Waals surface area contributed by atoms with E-state index in [0.717, 1.165) is 22.1 Å². The molecule has 1 aromatic carbocycles. The Bertz CT molecular complexity index is 730. The van der Waals surface area contributed by atoms with Gasteiger partial charge in [-0.25, -0.2) is 0 Å². The zero-order valence-electron chi connectivity index (χ0n) is 10.9. The molecule has 1 N–H and O–H groups in total. The van der Waals surface area contributed by atoms with Gasteiger partial charge >= 0.3 is 0 Å². The van der Waals surface area contributed by atoms with Crippen molar-refractivity contribution in [1.82, 2.24) is 4.98 Å². The van der Waals surface area contributed by atoms with E-state index in [1.807, 2.05) is 38.1 Å². The zero-order valence-corrected chi connectivity index (χ0v) is 10.9. The van der Waals surface area contributed by atoms with Gasteiger partial charge in [0, 0.05) is 17.8 Å². The lowest BCUT2D eigenvalue weighted by atomic mass is 10.0. The highest BCUT2D eigenvalue weighted by atomic mass is 16.4. The summed E-state index contributed by atoms with van der Waals surface area (Å²) < 4.78 is 5.72. The van der Waals surface area contributed by atoms with Crippen molar-refractivity contribution in [2.45, 2.75) is 20.0 Å². The van der Waals surface area contributed by atoms with E-state index in [4.69, 9.17) is 4.42 Å². The average molecular weight is 253 g/mol. The molecule has 2 aromatic heterocycles. The van der Waals surface area contributed by atoms with Crippen LogP contribution in [-0.4, -0.2) is 10.1 Å². The number of aryl methyl sites for hydroxylation is 2. The predicted molar refractivity (Wildman–Crippen MR) is 74.0 cm³/mol. The Morgan fingerprint density at radius 1 is 1.16 bits per heavy atom. The second kappa shape index (κ2) is 4.52. The highest BCUT2D eigenvalue weighted by Gasteiger charge is 2.17. The van der Waals surface area contributed by atoms with Gasteiger partial charge in [-0.15, -0.1) is 0 Å². The molecule has 96 valence electrons. The van der Waals surface area contributed by atoms with Crippen LogP contribution >= 0.6 is 0 Å². The zero-order chi connectivity index (χ0) is 13.4. The molecule has 0 bridgehead atoms. The number of furan rings is 1. The van der Waals surface area contributed by atoms with Crippen LogP contribution in [0.4, 0.5) is 0 Å². The fourth-order valence-corrected chi connectivity index (χ4v) is 2.26. The molecule has 0 radical (unpaired) electrons. The van der Waals surface area contributed by atoms with Crippen molar-refractivity contribution in [3.8, 4) is 0 Å². The number of fused-ring (bicyclic) bond motifs is 1. The Kier molecular flexibility index (Phi) is 2.84. The van der Waals surface area contributed by atoms with Crippen molar-refractivity contribution in [2.24, 2.45) is 0 Å². The number of aliphatic hydroxyl groups excluding tert-OH is 1. The number of aromatic nitrogens is 1. The minimum absolute atomic E-state index is 0.565. The summed E-state index contributed by atoms with van der Waals surface area (Å²) in [6.07, 6.45) is 2.67. The van der Waals surface area contributed by atoms with Crippen molar-refractivity contribution in [1.29, 1.82) is 0 Å². The van der Waals surface area contributed by atoms with Gasteiger partial charge in [0.25, 0.3) is 0 Å². The van der Waals surface area contributed by atoms with Crippen molar-refractivity contribution in [3.05, 3.63) is 65.2 Å². The van der Waals surface area contributed by atoms with Crippen LogP contribution in [-0.2, 0) is 0 Å². The van der Waals surface area contributed by atoms with E-state index in [1.54, 1.807) is 12.4 Å². The maximum Gasteiger partial charge on any atom is 0.138 e. The number of pyridine rings is 1. The van der Waals surface area contributed by atoms with Gasteiger partial charge in [0.15, 0.2) is 0 Å². The maximum atomic E-state index is 10.4. The Morgan fingerprint density at radius 3 is 2.79 bits per heavy atom. The third kappa shape index (κ3) is 2.13. The molecule has 3 aromatic rings. The normalized spacial score (nSPS) is 12.8. The summed E-state index contributed by atoms with van der Waals surface area (Å²) in [4.78, 5) is 4.03. The molecule has 0 saturated carbocycles. The van der Waals surface area contributed by atoms with Crippen molar-refractivity contribution >= 4 is 11.0 Å². The van der Waals surface area contributed by atoms with Gasteiger partial charge in [-0.1, -0.05) is 11.6 Å². The molecule has 0 saturated heterocycles. The molecule has 0 spiro atoms. The van der Waals surface area contributed by atoms with Gasteiger partial charge in [-0.3, -0.25) is 4.98 Å². The van der Waals surface area contributed by atoms with Gasteiger partial charge in [0.05, 0.1) is 0 Å². The number of hydrogen-bond acceptors (Lipinski definition) is 3. The van der Waals surface area contributed by atoms with Crippen LogP contribution in [0.5, 0.6) is 0 Å². The van der Waals surface area contributed by atoms with E-state index in [9.17, 15) is 5.11 Å². The number of aliphatic hydroxyl groups is 1. The molecule has 0 fully saturated rings. The van der Waals surface area contributed by atoms with Crippen LogP contribution in [0.2, 0.25) is 0 Å². The number of benzene rings is 1. The second-order valence-electron chi connectivity index (χ2n) is 4.82. The summed E-state index contributed by atoms with van der Waals surface area (Å²) in [5.41, 5.74) is 3.75. The van der Waals surface area contributed by atoms with Gasteiger partial charge in [0.1, 0.15) is 17.4 Å². The lowest BCUT2D eigenvalue weighted by Crippen LogP contribution is -2.00. The SMILES string of the molecule is Cc1ccc2oc(C(O)c3ccncc3C)cc2c1. The topological polar surface area (TPSA) is 46.3 Å². The van der Waals surface area contributed by atoms with E-state index < -0.39 is 6.10 Å². The first-order valence-electron chi connectivity index (χ1n) is 6.24. The first-order valence-corrected chi connectivity index (χ1v) is 6.24. The smallest absolute Gasteiger partial charge is 0.138 e. The monoisotopic (exact) mass is 253 g/mol. The highest BCUT2D eigenvalue weighted by molar-refractivity contribution is 5.78. The Morgan fingerprint density at radius 2 is 2.00 bits per heavy atom. The first-order chi connectivity index (χ1) is 9.15. The summed E-state index contributed by atoms with van der Waals surface area (Å²) in [5.74, 6) is 0.565. The van der Waals surface area contributed by atoms with Crippen LogP contribution in [0.25, 0.3) is 11.0 Å². The first kappa shape index (κ1) is 11.9. The molecular formula is C16H15NO2. The van der Waals surface area contributed by atoms with Gasteiger partial charge < -0.3 is 9.52 Å². The molecular weight excluding hydrogens is 238 g/mol. The molecule has 3 heteroatoms. The van der Waals surface area contributed by atoms with Gasteiger partial charge in [-0.05, 0) is 49.2 Å². The fourth-order valence-electron chi connectivity index (χ4n) is 2.26. The molecule has 0 amide bonds. The van der Waals surface area contributed by atoms with Crippen molar-refractivity contribution in [3.63, 3.8) is 0 Å². The standard InChI is InChI=1S/C16H15NO2/c1-10-3-4-14-12(7-10)8-15(19-14)16(18)13-5-6-17-9-11(13)2/h3-9,16,18H,1-2H3. The third-order valence-corrected chi connectivity index (χ3v) is 3.32. The van der Waals surface area contributed by atoms with E-state index in [0.29, 0.717) is 5.76 Å². The third-order valence-electron chi connectivity index (χ3n) is 3.32. The van der Waals surface area contributed by atoms with E-state index in [1.165, 1.54) is 5.56 Å². The molecule has 3 rings (SSSR count). The molecule has 1 unspecified atom stereocenters. The molecule has 1 atom stereocenters. The summed E-state index contributed by atoms with van der Waals surface area (Å²) in [5, 5.41) is 11.4. The lowest BCUT2D eigenvalue weighted by Gasteiger charge is -2.10. The molecule has 0 aliphatic rings. The maximum absolute atomic E-state index is 10.4. The Labute approximate surface area is 111 Å². The molecule has 19 heavy (non-hydrogen) atoms. The lowest BCUT2D eigenvalue weighted by molar-refractivity contribution is 0.191. The minimum Gasteiger partial charge on any atom is -0.458 e.